The van der Waals surface area contributed by atoms with Crippen molar-refractivity contribution in [2.24, 2.45) is 0 Å². The van der Waals surface area contributed by atoms with Crippen molar-refractivity contribution in [1.82, 2.24) is 4.90 Å². The summed E-state index contributed by atoms with van der Waals surface area (Å²) in [6.07, 6.45) is 1.74. The lowest BCUT2D eigenvalue weighted by Crippen LogP contribution is -2.48. The van der Waals surface area contributed by atoms with Crippen molar-refractivity contribution < 1.29 is 28.6 Å². The molecule has 0 saturated carbocycles. The highest BCUT2D eigenvalue weighted by atomic mass is 19.1. The van der Waals surface area contributed by atoms with Gasteiger partial charge in [-0.3, -0.25) is 4.79 Å². The third kappa shape index (κ3) is 3.82. The van der Waals surface area contributed by atoms with Gasteiger partial charge in [-0.2, -0.15) is 0 Å². The molecular weight excluding hydrogens is 293 g/mol. The van der Waals surface area contributed by atoms with Gasteiger partial charge in [-0.1, -0.05) is 6.07 Å². The molecule has 118 valence electrons. The average molecular weight is 309 g/mol. The van der Waals surface area contributed by atoms with Crippen LogP contribution in [0, 0.1) is 5.82 Å². The number of carboxylic acids is 1. The Morgan fingerprint density at radius 2 is 2.27 bits per heavy atom. The second-order valence-electron chi connectivity index (χ2n) is 4.71. The Morgan fingerprint density at radius 1 is 1.50 bits per heavy atom. The Kier molecular flexibility index (Phi) is 5.11. The molecule has 1 heterocycles. The van der Waals surface area contributed by atoms with Gasteiger partial charge in [0, 0.05) is 12.6 Å². The first-order valence-electron chi connectivity index (χ1n) is 6.66. The fourth-order valence-corrected chi connectivity index (χ4v) is 2.06. The maximum Gasteiger partial charge on any atom is 0.334 e. The van der Waals surface area contributed by atoms with E-state index in [4.69, 9.17) is 14.6 Å². The molecule has 1 saturated heterocycles. The van der Waals surface area contributed by atoms with Crippen molar-refractivity contribution in [3.63, 3.8) is 0 Å². The highest BCUT2D eigenvalue weighted by Crippen LogP contribution is 2.18. The van der Waals surface area contributed by atoms with E-state index < -0.39 is 17.9 Å². The number of benzene rings is 1. The summed E-state index contributed by atoms with van der Waals surface area (Å²) in [5, 5.41) is 8.89. The summed E-state index contributed by atoms with van der Waals surface area (Å²) in [5.74, 6) is -1.83. The first kappa shape index (κ1) is 16.0. The van der Waals surface area contributed by atoms with Crippen LogP contribution in [0.25, 0.3) is 6.08 Å². The summed E-state index contributed by atoms with van der Waals surface area (Å²) in [6.45, 7) is 0.493. The number of rotatable bonds is 4. The predicted octanol–water partition coefficient (Wildman–Crippen LogP) is 1.16. The number of morpholine rings is 1. The number of carbonyl (C=O) groups is 2. The number of hydrogen-bond acceptors (Lipinski definition) is 4. The Labute approximate surface area is 126 Å². The van der Waals surface area contributed by atoms with Gasteiger partial charge < -0.3 is 19.5 Å². The van der Waals surface area contributed by atoms with Crippen LogP contribution in [-0.2, 0) is 14.3 Å². The van der Waals surface area contributed by atoms with Gasteiger partial charge in [-0.05, 0) is 23.8 Å². The molecule has 1 amide bonds. The van der Waals surface area contributed by atoms with Crippen LogP contribution in [0.15, 0.2) is 24.3 Å². The molecule has 22 heavy (non-hydrogen) atoms. The molecular formula is C15H16FNO5. The molecule has 0 aliphatic carbocycles. The van der Waals surface area contributed by atoms with E-state index in [0.717, 1.165) is 0 Å². The predicted molar refractivity (Wildman–Crippen MR) is 75.9 cm³/mol. The number of nitrogens with zero attached hydrogens (tertiary/aromatic N) is 1. The Bertz CT molecular complexity index is 602. The highest BCUT2D eigenvalue weighted by molar-refractivity contribution is 5.92. The molecule has 1 aromatic rings. The number of amides is 1. The molecule has 1 aromatic carbocycles. The molecule has 2 rings (SSSR count). The highest BCUT2D eigenvalue weighted by Gasteiger charge is 2.27. The maximum atomic E-state index is 13.5. The van der Waals surface area contributed by atoms with Crippen LogP contribution in [0.2, 0.25) is 0 Å². The minimum absolute atomic E-state index is 0.00448. The van der Waals surface area contributed by atoms with E-state index in [9.17, 15) is 14.0 Å². The van der Waals surface area contributed by atoms with Crippen LogP contribution in [0.1, 0.15) is 5.56 Å². The first-order chi connectivity index (χ1) is 10.5. The van der Waals surface area contributed by atoms with Crippen LogP contribution in [0.5, 0.6) is 5.75 Å². The van der Waals surface area contributed by atoms with Gasteiger partial charge in [0.1, 0.15) is 0 Å². The number of carboxylic acid groups (broad SMARTS) is 1. The number of methoxy groups -OCH3 is 1. The van der Waals surface area contributed by atoms with Crippen LogP contribution in [-0.4, -0.2) is 54.8 Å². The zero-order valence-electron chi connectivity index (χ0n) is 12.0. The van der Waals surface area contributed by atoms with Crippen LogP contribution in [0.3, 0.4) is 0 Å². The van der Waals surface area contributed by atoms with Crippen molar-refractivity contribution in [1.29, 1.82) is 0 Å². The molecule has 0 radical (unpaired) electrons. The largest absolute Gasteiger partial charge is 0.494 e. The third-order valence-electron chi connectivity index (χ3n) is 3.25. The zero-order chi connectivity index (χ0) is 16.1. The number of ether oxygens (including phenoxy) is 2. The van der Waals surface area contributed by atoms with Crippen molar-refractivity contribution in [3.05, 3.63) is 35.7 Å². The van der Waals surface area contributed by atoms with E-state index in [1.54, 1.807) is 6.07 Å². The van der Waals surface area contributed by atoms with Crippen molar-refractivity contribution in [2.45, 2.75) is 6.10 Å². The summed E-state index contributed by atoms with van der Waals surface area (Å²) in [5.41, 5.74) is 0.509. The normalized spacial score (nSPS) is 18.5. The molecule has 0 aromatic heterocycles. The van der Waals surface area contributed by atoms with Gasteiger partial charge in [0.05, 0.1) is 20.3 Å². The van der Waals surface area contributed by atoms with E-state index in [2.05, 4.69) is 0 Å². The average Bonchev–Trinajstić information content (AvgIpc) is 2.52. The Hall–Kier alpha value is -2.41. The first-order valence-corrected chi connectivity index (χ1v) is 6.66. The molecule has 1 unspecified atom stereocenters. The van der Waals surface area contributed by atoms with Gasteiger partial charge in [0.25, 0.3) is 0 Å². The minimum Gasteiger partial charge on any atom is -0.494 e. The van der Waals surface area contributed by atoms with Crippen molar-refractivity contribution >= 4 is 18.0 Å². The maximum absolute atomic E-state index is 13.5. The lowest BCUT2D eigenvalue weighted by Gasteiger charge is -2.30. The Morgan fingerprint density at radius 3 is 2.91 bits per heavy atom. The fourth-order valence-electron chi connectivity index (χ4n) is 2.06. The molecule has 0 spiro atoms. The van der Waals surface area contributed by atoms with Crippen molar-refractivity contribution in [2.75, 3.05) is 26.8 Å². The summed E-state index contributed by atoms with van der Waals surface area (Å²) >= 11 is 0. The van der Waals surface area contributed by atoms with E-state index in [-0.39, 0.29) is 24.8 Å². The number of hydrogen-bond donors (Lipinski definition) is 1. The monoisotopic (exact) mass is 309 g/mol. The van der Waals surface area contributed by atoms with Gasteiger partial charge in [-0.25, -0.2) is 9.18 Å². The van der Waals surface area contributed by atoms with Crippen LogP contribution in [0.4, 0.5) is 4.39 Å². The quantitative estimate of drug-likeness (QED) is 0.845. The van der Waals surface area contributed by atoms with Gasteiger partial charge >= 0.3 is 5.97 Å². The molecule has 6 nitrogen and oxygen atoms in total. The minimum atomic E-state index is -1.10. The second kappa shape index (κ2) is 7.04. The fraction of sp³-hybridized carbons (Fsp3) is 0.333. The lowest BCUT2D eigenvalue weighted by atomic mass is 10.2. The van der Waals surface area contributed by atoms with Crippen LogP contribution >= 0.6 is 0 Å². The standard InChI is InChI=1S/C15H16FNO5/c1-21-12-4-2-10(8-11(12)16)3-5-14(18)17-6-7-22-13(9-17)15(19)20/h2-5,8,13H,6-7,9H2,1H3,(H,19,20). The SMILES string of the molecule is COc1ccc(C=CC(=O)N2CCOC(C(=O)O)C2)cc1F. The van der Waals surface area contributed by atoms with E-state index >= 15 is 0 Å². The van der Waals surface area contributed by atoms with E-state index in [1.165, 1.54) is 36.3 Å². The van der Waals surface area contributed by atoms with Gasteiger partial charge in [0.15, 0.2) is 17.7 Å². The smallest absolute Gasteiger partial charge is 0.334 e. The van der Waals surface area contributed by atoms with Gasteiger partial charge in [-0.15, -0.1) is 0 Å². The van der Waals surface area contributed by atoms with E-state index in [1.807, 2.05) is 0 Å². The second-order valence-corrected chi connectivity index (χ2v) is 4.71. The topological polar surface area (TPSA) is 76.1 Å². The molecule has 1 atom stereocenters. The summed E-state index contributed by atoms with van der Waals surface area (Å²) in [6, 6.07) is 4.34. The number of halogens is 1. The molecule has 7 heteroatoms. The summed E-state index contributed by atoms with van der Waals surface area (Å²) in [7, 11) is 1.37. The lowest BCUT2D eigenvalue weighted by molar-refractivity contribution is -0.158. The van der Waals surface area contributed by atoms with Crippen LogP contribution < -0.4 is 4.74 Å². The molecule has 1 aliphatic rings. The van der Waals surface area contributed by atoms with Crippen molar-refractivity contribution in [3.8, 4) is 5.75 Å². The zero-order valence-corrected chi connectivity index (χ0v) is 12.0. The molecule has 1 fully saturated rings. The van der Waals surface area contributed by atoms with Gasteiger partial charge in [0.2, 0.25) is 5.91 Å². The molecule has 1 aliphatic heterocycles. The molecule has 1 N–H and O–H groups in total. The summed E-state index contributed by atoms with van der Waals surface area (Å²) < 4.78 is 23.4. The molecule has 0 bridgehead atoms. The van der Waals surface area contributed by atoms with E-state index in [0.29, 0.717) is 12.1 Å². The number of carbonyl (C=O) groups excluding carboxylic acids is 1. The Balaban J connectivity index is 2.01. The number of aliphatic carboxylic acids is 1. The summed E-state index contributed by atoms with van der Waals surface area (Å²) in [4.78, 5) is 24.3. The third-order valence-corrected chi connectivity index (χ3v) is 3.25.